The Kier molecular flexibility index (Phi) is 13.5. The number of likely N-dealkylation sites (N-methyl/N-ethyl adjacent to an activating group) is 1. The number of nitrogens with zero attached hydrogens (tertiary/aromatic N) is 1. The third kappa shape index (κ3) is 14.2. The molecule has 0 spiro atoms. The van der Waals surface area contributed by atoms with Gasteiger partial charge in [-0.3, -0.25) is 4.57 Å². The van der Waals surface area contributed by atoms with E-state index in [9.17, 15) is 19.5 Å². The lowest BCUT2D eigenvalue weighted by molar-refractivity contribution is -0.875. The van der Waals surface area contributed by atoms with Crippen molar-refractivity contribution in [2.45, 2.75) is 82.9 Å². The highest BCUT2D eigenvalue weighted by Gasteiger charge is 2.48. The highest BCUT2D eigenvalue weighted by molar-refractivity contribution is 7.53. The molecule has 5 nitrogen and oxygen atoms in total. The molecule has 0 aliphatic heterocycles. The van der Waals surface area contributed by atoms with Crippen molar-refractivity contribution in [1.29, 1.82) is 0 Å². The molecule has 0 fully saturated rings. The fourth-order valence-electron chi connectivity index (χ4n) is 3.14. The standard InChI is InChI=1S/C21H42NO4P/c1-5-6-7-8-9-10-11-12-13-14-15-16-17-18-19-21(23,27(24,25)26)20-22(2,3)4/h6-7,12-13,23H,5,8-11,14-20H2,1-4H3,(H-,24,25,26)/p+1/b7-6-,13-12-. The molecule has 1 unspecified atom stereocenters. The topological polar surface area (TPSA) is 77.8 Å². The molecule has 0 aliphatic rings. The first-order chi connectivity index (χ1) is 12.5. The Morgan fingerprint density at radius 2 is 1.26 bits per heavy atom. The Balaban J connectivity index is 3.87. The SMILES string of the molecule is CC/C=C\CCCC/C=C\CCCCCCC(O)(C[N+](C)(C)C)P(=O)(O)O. The first-order valence-electron chi connectivity index (χ1n) is 10.4. The third-order valence-corrected chi connectivity index (χ3v) is 5.98. The Morgan fingerprint density at radius 3 is 1.70 bits per heavy atom. The van der Waals surface area contributed by atoms with Crippen molar-refractivity contribution in [3.8, 4) is 0 Å². The van der Waals surface area contributed by atoms with Crippen LogP contribution >= 0.6 is 7.60 Å². The van der Waals surface area contributed by atoms with Crippen LogP contribution in [0.1, 0.15) is 77.6 Å². The minimum Gasteiger partial charge on any atom is -0.373 e. The summed E-state index contributed by atoms with van der Waals surface area (Å²) >= 11 is 0. The van der Waals surface area contributed by atoms with E-state index in [1.807, 2.05) is 21.1 Å². The monoisotopic (exact) mass is 404 g/mol. The van der Waals surface area contributed by atoms with Crippen molar-refractivity contribution in [3.05, 3.63) is 24.3 Å². The summed E-state index contributed by atoms with van der Waals surface area (Å²) in [6.07, 6.45) is 19.7. The summed E-state index contributed by atoms with van der Waals surface area (Å²) < 4.78 is 12.0. The van der Waals surface area contributed by atoms with Gasteiger partial charge in [-0.05, 0) is 57.8 Å². The zero-order valence-electron chi connectivity index (χ0n) is 17.9. The molecule has 0 bridgehead atoms. The summed E-state index contributed by atoms with van der Waals surface area (Å²) in [6, 6.07) is 0. The molecule has 0 heterocycles. The van der Waals surface area contributed by atoms with Crippen LogP contribution in [0, 0.1) is 0 Å². The molecule has 0 saturated carbocycles. The molecule has 3 N–H and O–H groups in total. The maximum Gasteiger partial charge on any atom is 0.362 e. The number of quaternary nitrogens is 1. The molecular formula is C21H43NO4P+. The van der Waals surface area contributed by atoms with Gasteiger partial charge in [0.1, 0.15) is 6.54 Å². The molecule has 0 aromatic heterocycles. The van der Waals surface area contributed by atoms with Gasteiger partial charge in [0, 0.05) is 0 Å². The second kappa shape index (κ2) is 13.7. The molecule has 0 amide bonds. The Labute approximate surface area is 166 Å². The number of unbranched alkanes of at least 4 members (excludes halogenated alkanes) is 7. The van der Waals surface area contributed by atoms with E-state index >= 15 is 0 Å². The van der Waals surface area contributed by atoms with Crippen molar-refractivity contribution in [1.82, 2.24) is 0 Å². The Hall–Kier alpha value is -0.450. The minimum absolute atomic E-state index is 0.0499. The maximum absolute atomic E-state index is 11.7. The van der Waals surface area contributed by atoms with Crippen LogP contribution in [-0.4, -0.2) is 52.4 Å². The van der Waals surface area contributed by atoms with Crippen LogP contribution < -0.4 is 0 Å². The van der Waals surface area contributed by atoms with E-state index in [1.54, 1.807) is 0 Å². The van der Waals surface area contributed by atoms with Crippen LogP contribution in [0.3, 0.4) is 0 Å². The van der Waals surface area contributed by atoms with Crippen molar-refractivity contribution in [2.24, 2.45) is 0 Å². The van der Waals surface area contributed by atoms with E-state index in [2.05, 4.69) is 31.2 Å². The normalized spacial score (nSPS) is 15.7. The fourth-order valence-corrected chi connectivity index (χ4v) is 4.20. The van der Waals surface area contributed by atoms with Crippen molar-refractivity contribution < 1.29 is 23.9 Å². The molecule has 0 saturated heterocycles. The lowest BCUT2D eigenvalue weighted by atomic mass is 10.1. The van der Waals surface area contributed by atoms with Gasteiger partial charge in [-0.2, -0.15) is 0 Å². The second-order valence-corrected chi connectivity index (χ2v) is 10.5. The number of allylic oxidation sites excluding steroid dienone is 4. The van der Waals surface area contributed by atoms with Gasteiger partial charge in [-0.15, -0.1) is 0 Å². The molecule has 0 aromatic rings. The summed E-state index contributed by atoms with van der Waals surface area (Å²) in [7, 11) is 0.939. The molecule has 1 atom stereocenters. The molecule has 27 heavy (non-hydrogen) atoms. The van der Waals surface area contributed by atoms with Crippen molar-refractivity contribution >= 4 is 7.60 Å². The number of aliphatic hydroxyl groups is 1. The van der Waals surface area contributed by atoms with Gasteiger partial charge >= 0.3 is 7.60 Å². The van der Waals surface area contributed by atoms with Crippen LogP contribution in [0.15, 0.2) is 24.3 Å². The molecular weight excluding hydrogens is 361 g/mol. The van der Waals surface area contributed by atoms with E-state index in [1.165, 1.54) is 19.3 Å². The Morgan fingerprint density at radius 1 is 0.815 bits per heavy atom. The summed E-state index contributed by atoms with van der Waals surface area (Å²) in [5.41, 5.74) is 0. The van der Waals surface area contributed by atoms with Gasteiger partial charge in [0.15, 0.2) is 0 Å². The van der Waals surface area contributed by atoms with Gasteiger partial charge < -0.3 is 19.4 Å². The summed E-state index contributed by atoms with van der Waals surface area (Å²) in [4.78, 5) is 19.1. The highest BCUT2D eigenvalue weighted by atomic mass is 31.2. The second-order valence-electron chi connectivity index (χ2n) is 8.56. The highest BCUT2D eigenvalue weighted by Crippen LogP contribution is 2.52. The van der Waals surface area contributed by atoms with E-state index in [-0.39, 0.29) is 13.0 Å². The molecule has 0 radical (unpaired) electrons. The van der Waals surface area contributed by atoms with Crippen LogP contribution in [0.4, 0.5) is 0 Å². The maximum atomic E-state index is 11.7. The van der Waals surface area contributed by atoms with Gasteiger partial charge in [0.25, 0.3) is 0 Å². The summed E-state index contributed by atoms with van der Waals surface area (Å²) in [5, 5.41) is 8.56. The summed E-state index contributed by atoms with van der Waals surface area (Å²) in [6.45, 7) is 2.20. The van der Waals surface area contributed by atoms with E-state index in [0.29, 0.717) is 10.9 Å². The largest absolute Gasteiger partial charge is 0.373 e. The van der Waals surface area contributed by atoms with Crippen molar-refractivity contribution in [2.75, 3.05) is 27.7 Å². The van der Waals surface area contributed by atoms with Crippen LogP contribution in [-0.2, 0) is 4.57 Å². The van der Waals surface area contributed by atoms with Gasteiger partial charge in [-0.1, -0.05) is 44.1 Å². The molecule has 0 aromatic carbocycles. The predicted octanol–water partition coefficient (Wildman–Crippen LogP) is 4.98. The van der Waals surface area contributed by atoms with Gasteiger partial charge in [-0.25, -0.2) is 0 Å². The van der Waals surface area contributed by atoms with Crippen LogP contribution in [0.25, 0.3) is 0 Å². The smallest absolute Gasteiger partial charge is 0.362 e. The summed E-state index contributed by atoms with van der Waals surface area (Å²) in [5.74, 6) is 0. The molecule has 6 heteroatoms. The Bertz CT molecular complexity index is 479. The van der Waals surface area contributed by atoms with E-state index in [0.717, 1.165) is 38.5 Å². The van der Waals surface area contributed by atoms with E-state index < -0.39 is 12.9 Å². The van der Waals surface area contributed by atoms with Gasteiger partial charge in [0.05, 0.1) is 21.1 Å². The average Bonchev–Trinajstić information content (AvgIpc) is 2.52. The third-order valence-electron chi connectivity index (χ3n) is 4.53. The molecule has 160 valence electrons. The zero-order valence-corrected chi connectivity index (χ0v) is 18.8. The number of rotatable bonds is 16. The lowest BCUT2D eigenvalue weighted by Gasteiger charge is -2.35. The number of hydrogen-bond donors (Lipinski definition) is 3. The minimum atomic E-state index is -4.55. The lowest BCUT2D eigenvalue weighted by Crippen LogP contribution is -2.49. The quantitative estimate of drug-likeness (QED) is 0.147. The van der Waals surface area contributed by atoms with E-state index in [4.69, 9.17) is 0 Å². The first kappa shape index (κ1) is 26.6. The average molecular weight is 405 g/mol. The van der Waals surface area contributed by atoms with Crippen molar-refractivity contribution in [3.63, 3.8) is 0 Å². The van der Waals surface area contributed by atoms with Crippen LogP contribution in [0.5, 0.6) is 0 Å². The fraction of sp³-hybridized carbons (Fsp3) is 0.810. The molecule has 0 rings (SSSR count). The predicted molar refractivity (Wildman–Crippen MR) is 115 cm³/mol. The molecule has 0 aliphatic carbocycles. The zero-order chi connectivity index (χ0) is 20.8. The number of hydrogen-bond acceptors (Lipinski definition) is 2. The van der Waals surface area contributed by atoms with Gasteiger partial charge in [0.2, 0.25) is 5.34 Å². The van der Waals surface area contributed by atoms with Crippen LogP contribution in [0.2, 0.25) is 0 Å². The first-order valence-corrected chi connectivity index (χ1v) is 12.0.